The third kappa shape index (κ3) is 4.62. The summed E-state index contributed by atoms with van der Waals surface area (Å²) in [4.78, 5) is 23.6. The summed E-state index contributed by atoms with van der Waals surface area (Å²) in [5.74, 6) is -1.09. The van der Waals surface area contributed by atoms with E-state index in [4.69, 9.17) is 14.6 Å². The Balaban J connectivity index is 1.58. The third-order valence-electron chi connectivity index (χ3n) is 4.75. The molecule has 0 bridgehead atoms. The number of nitrogens with one attached hydrogen (secondary N) is 1. The van der Waals surface area contributed by atoms with E-state index in [0.717, 1.165) is 17.0 Å². The van der Waals surface area contributed by atoms with E-state index in [1.807, 2.05) is 60.7 Å². The molecule has 0 aromatic heterocycles. The predicted octanol–water partition coefficient (Wildman–Crippen LogP) is 5.43. The molecule has 0 aliphatic heterocycles. The molecule has 0 aliphatic carbocycles. The standard InChI is InChI=1S/C25H19NO6/c27-21-14-18(11-12-20(21)24(28)29)26-25(30)32-23-19-9-5-4-8-17(19)10-13-22(23)31-15-16-6-2-1-3-7-16/h1-14,27H,15H2,(H,26,30)(H,28,29). The summed E-state index contributed by atoms with van der Waals surface area (Å²) in [6, 6.07) is 24.3. The van der Waals surface area contributed by atoms with Gasteiger partial charge in [-0.15, -0.1) is 0 Å². The van der Waals surface area contributed by atoms with E-state index in [9.17, 15) is 14.7 Å². The van der Waals surface area contributed by atoms with Crippen molar-refractivity contribution in [3.05, 3.63) is 96.1 Å². The zero-order valence-electron chi connectivity index (χ0n) is 16.8. The summed E-state index contributed by atoms with van der Waals surface area (Å²) in [6.45, 7) is 0.293. The summed E-state index contributed by atoms with van der Waals surface area (Å²) < 4.78 is 11.5. The minimum atomic E-state index is -1.27. The van der Waals surface area contributed by atoms with Crippen LogP contribution in [0.25, 0.3) is 10.8 Å². The quantitative estimate of drug-likeness (QED) is 0.377. The maximum Gasteiger partial charge on any atom is 0.417 e. The number of aromatic carboxylic acids is 1. The van der Waals surface area contributed by atoms with E-state index in [2.05, 4.69) is 5.32 Å². The van der Waals surface area contributed by atoms with E-state index in [0.29, 0.717) is 17.7 Å². The fraction of sp³-hybridized carbons (Fsp3) is 0.0400. The topological polar surface area (TPSA) is 105 Å². The van der Waals surface area contributed by atoms with Gasteiger partial charge in [0.15, 0.2) is 11.5 Å². The van der Waals surface area contributed by atoms with E-state index < -0.39 is 17.8 Å². The Morgan fingerprint density at radius 3 is 2.38 bits per heavy atom. The van der Waals surface area contributed by atoms with Gasteiger partial charge in [0.25, 0.3) is 0 Å². The number of aromatic hydroxyl groups is 1. The van der Waals surface area contributed by atoms with E-state index in [1.54, 1.807) is 6.07 Å². The first kappa shape index (κ1) is 20.7. The molecular formula is C25H19NO6. The number of hydrogen-bond acceptors (Lipinski definition) is 5. The second-order valence-corrected chi connectivity index (χ2v) is 6.94. The largest absolute Gasteiger partial charge is 0.507 e. The van der Waals surface area contributed by atoms with Crippen LogP contribution in [0.5, 0.6) is 17.2 Å². The number of anilines is 1. The number of carbonyl (C=O) groups excluding carboxylic acids is 1. The van der Waals surface area contributed by atoms with Gasteiger partial charge in [-0.05, 0) is 29.1 Å². The summed E-state index contributed by atoms with van der Waals surface area (Å²) in [6.07, 6.45) is -0.812. The van der Waals surface area contributed by atoms with Crippen LogP contribution in [0.15, 0.2) is 84.9 Å². The number of carboxylic acids is 1. The van der Waals surface area contributed by atoms with Crippen molar-refractivity contribution in [1.29, 1.82) is 0 Å². The van der Waals surface area contributed by atoms with Crippen LogP contribution in [-0.2, 0) is 6.61 Å². The molecule has 0 heterocycles. The number of phenols is 1. The first-order valence-corrected chi connectivity index (χ1v) is 9.75. The first-order chi connectivity index (χ1) is 15.5. The Bertz CT molecular complexity index is 1290. The Labute approximate surface area is 183 Å². The molecule has 0 fully saturated rings. The lowest BCUT2D eigenvalue weighted by Gasteiger charge is -2.15. The van der Waals surface area contributed by atoms with Crippen molar-refractivity contribution in [2.75, 3.05) is 5.32 Å². The molecule has 3 N–H and O–H groups in total. The van der Waals surface area contributed by atoms with Gasteiger partial charge in [-0.1, -0.05) is 60.7 Å². The van der Waals surface area contributed by atoms with Gasteiger partial charge in [0.05, 0.1) is 0 Å². The van der Waals surface area contributed by atoms with Gasteiger partial charge >= 0.3 is 12.1 Å². The highest BCUT2D eigenvalue weighted by Crippen LogP contribution is 2.36. The lowest BCUT2D eigenvalue weighted by Crippen LogP contribution is -2.17. The number of benzene rings is 4. The van der Waals surface area contributed by atoms with Crippen molar-refractivity contribution >= 4 is 28.5 Å². The zero-order valence-corrected chi connectivity index (χ0v) is 16.8. The van der Waals surface area contributed by atoms with Crippen molar-refractivity contribution in [3.8, 4) is 17.2 Å². The number of carbonyl (C=O) groups is 2. The first-order valence-electron chi connectivity index (χ1n) is 9.75. The Kier molecular flexibility index (Phi) is 5.89. The van der Waals surface area contributed by atoms with Crippen LogP contribution < -0.4 is 14.8 Å². The molecule has 0 atom stereocenters. The van der Waals surface area contributed by atoms with Crippen LogP contribution >= 0.6 is 0 Å². The van der Waals surface area contributed by atoms with Gasteiger partial charge in [-0.25, -0.2) is 9.59 Å². The number of rotatable bonds is 6. The van der Waals surface area contributed by atoms with Crippen LogP contribution in [0.4, 0.5) is 10.5 Å². The van der Waals surface area contributed by atoms with Gasteiger partial charge in [-0.2, -0.15) is 0 Å². The summed E-state index contributed by atoms with van der Waals surface area (Å²) in [5, 5.41) is 22.9. The Morgan fingerprint density at radius 2 is 1.62 bits per heavy atom. The summed E-state index contributed by atoms with van der Waals surface area (Å²) in [7, 11) is 0. The van der Waals surface area contributed by atoms with Crippen molar-refractivity contribution in [2.24, 2.45) is 0 Å². The molecule has 1 amide bonds. The normalized spacial score (nSPS) is 10.5. The summed E-state index contributed by atoms with van der Waals surface area (Å²) in [5.41, 5.74) is 0.879. The molecule has 0 aliphatic rings. The molecule has 7 nitrogen and oxygen atoms in total. The van der Waals surface area contributed by atoms with Crippen molar-refractivity contribution in [1.82, 2.24) is 0 Å². The van der Waals surface area contributed by atoms with Gasteiger partial charge in [0.2, 0.25) is 0 Å². The molecule has 32 heavy (non-hydrogen) atoms. The zero-order chi connectivity index (χ0) is 22.5. The molecule has 7 heteroatoms. The number of hydrogen-bond donors (Lipinski definition) is 3. The molecular weight excluding hydrogens is 410 g/mol. The van der Waals surface area contributed by atoms with Crippen LogP contribution in [-0.4, -0.2) is 22.3 Å². The van der Waals surface area contributed by atoms with Crippen LogP contribution in [0.3, 0.4) is 0 Å². The predicted molar refractivity (Wildman–Crippen MR) is 119 cm³/mol. The number of fused-ring (bicyclic) bond motifs is 1. The molecule has 0 radical (unpaired) electrons. The minimum Gasteiger partial charge on any atom is -0.507 e. The molecule has 0 unspecified atom stereocenters. The second-order valence-electron chi connectivity index (χ2n) is 6.94. The molecule has 4 rings (SSSR count). The lowest BCUT2D eigenvalue weighted by atomic mass is 10.1. The van der Waals surface area contributed by atoms with Gasteiger partial charge in [0.1, 0.15) is 17.9 Å². The van der Waals surface area contributed by atoms with Crippen molar-refractivity contribution in [2.45, 2.75) is 6.61 Å². The summed E-state index contributed by atoms with van der Waals surface area (Å²) >= 11 is 0. The average Bonchev–Trinajstić information content (AvgIpc) is 2.79. The second kappa shape index (κ2) is 9.09. The number of carboxylic acid groups (broad SMARTS) is 1. The maximum atomic E-state index is 12.6. The van der Waals surface area contributed by atoms with E-state index >= 15 is 0 Å². The van der Waals surface area contributed by atoms with Gasteiger partial charge in [-0.3, -0.25) is 5.32 Å². The van der Waals surface area contributed by atoms with E-state index in [1.165, 1.54) is 12.1 Å². The smallest absolute Gasteiger partial charge is 0.417 e. The molecule has 160 valence electrons. The SMILES string of the molecule is O=C(Nc1ccc(C(=O)O)c(O)c1)Oc1c(OCc2ccccc2)ccc2ccccc12. The number of ether oxygens (including phenoxy) is 2. The lowest BCUT2D eigenvalue weighted by molar-refractivity contribution is 0.0693. The molecule has 0 spiro atoms. The Hall–Kier alpha value is -4.52. The third-order valence-corrected chi connectivity index (χ3v) is 4.75. The Morgan fingerprint density at radius 1 is 0.875 bits per heavy atom. The van der Waals surface area contributed by atoms with Crippen molar-refractivity contribution in [3.63, 3.8) is 0 Å². The fourth-order valence-electron chi connectivity index (χ4n) is 3.20. The molecule has 0 saturated heterocycles. The number of amides is 1. The van der Waals surface area contributed by atoms with Gasteiger partial charge < -0.3 is 19.7 Å². The van der Waals surface area contributed by atoms with Crippen LogP contribution in [0.2, 0.25) is 0 Å². The van der Waals surface area contributed by atoms with Crippen LogP contribution in [0, 0.1) is 0 Å². The van der Waals surface area contributed by atoms with E-state index in [-0.39, 0.29) is 17.0 Å². The van der Waals surface area contributed by atoms with Crippen LogP contribution in [0.1, 0.15) is 15.9 Å². The highest BCUT2D eigenvalue weighted by molar-refractivity contribution is 5.96. The fourth-order valence-corrected chi connectivity index (χ4v) is 3.20. The highest BCUT2D eigenvalue weighted by Gasteiger charge is 2.16. The van der Waals surface area contributed by atoms with Gasteiger partial charge in [0, 0.05) is 17.1 Å². The van der Waals surface area contributed by atoms with Crippen molar-refractivity contribution < 1.29 is 29.3 Å². The maximum absolute atomic E-state index is 12.6. The molecule has 0 saturated carbocycles. The average molecular weight is 429 g/mol. The molecule has 4 aromatic carbocycles. The highest BCUT2D eigenvalue weighted by atomic mass is 16.6. The molecule has 4 aromatic rings. The minimum absolute atomic E-state index is 0.185. The monoisotopic (exact) mass is 429 g/mol.